The molecular weight excluding hydrogens is 448 g/mol. The number of thioether (sulfide) groups is 1. The van der Waals surface area contributed by atoms with Crippen LogP contribution in [0.2, 0.25) is 0 Å². The highest BCUT2D eigenvalue weighted by molar-refractivity contribution is 8.00. The van der Waals surface area contributed by atoms with E-state index in [0.29, 0.717) is 6.42 Å². The molecule has 0 fully saturated rings. The molecule has 7 heteroatoms. The Morgan fingerprint density at radius 2 is 1.29 bits per heavy atom. The van der Waals surface area contributed by atoms with Crippen LogP contribution in [0.4, 0.5) is 0 Å². The lowest BCUT2D eigenvalue weighted by atomic mass is 9.95. The maximum Gasteiger partial charge on any atom is 0.304 e. The Morgan fingerprint density at radius 1 is 0.853 bits per heavy atom. The van der Waals surface area contributed by atoms with Crippen molar-refractivity contribution in [2.45, 2.75) is 121 Å². The number of unbranched alkanes of at least 4 members (excludes halogenated alkanes) is 13. The van der Waals surface area contributed by atoms with Gasteiger partial charge in [-0.3, -0.25) is 14.4 Å². The van der Waals surface area contributed by atoms with Gasteiger partial charge in [0.05, 0.1) is 6.42 Å². The Morgan fingerprint density at radius 3 is 1.68 bits per heavy atom. The number of carboxylic acids is 1. The molecule has 0 aliphatic carbocycles. The fraction of sp³-hybridized carbons (Fsp3) is 0.889. The zero-order valence-electron chi connectivity index (χ0n) is 22.6. The lowest BCUT2D eigenvalue weighted by molar-refractivity contribution is -0.141. The van der Waals surface area contributed by atoms with Crippen molar-refractivity contribution in [1.29, 1.82) is 0 Å². The van der Waals surface area contributed by atoms with Crippen LogP contribution in [-0.4, -0.2) is 59.4 Å². The number of nitrogens with zero attached hydrogens (tertiary/aromatic N) is 1. The normalized spacial score (nSPS) is 13.8. The number of aliphatic carboxylic acids is 1. The first kappa shape index (κ1) is 32.8. The van der Waals surface area contributed by atoms with E-state index < -0.39 is 16.6 Å². The van der Waals surface area contributed by atoms with Gasteiger partial charge in [0.2, 0.25) is 11.8 Å². The number of carboxylic acid groups (broad SMARTS) is 1. The van der Waals surface area contributed by atoms with Gasteiger partial charge in [0, 0.05) is 26.6 Å². The molecule has 0 aromatic rings. The summed E-state index contributed by atoms with van der Waals surface area (Å²) < 4.78 is -0.762. The van der Waals surface area contributed by atoms with Gasteiger partial charge < -0.3 is 15.3 Å². The Kier molecular flexibility index (Phi) is 19.3. The smallest absolute Gasteiger partial charge is 0.304 e. The van der Waals surface area contributed by atoms with Gasteiger partial charge in [-0.05, 0) is 19.6 Å². The highest BCUT2D eigenvalue weighted by Gasteiger charge is 2.35. The van der Waals surface area contributed by atoms with E-state index in [4.69, 9.17) is 0 Å². The molecule has 0 aromatic carbocycles. The zero-order valence-corrected chi connectivity index (χ0v) is 23.4. The highest BCUT2D eigenvalue weighted by Crippen LogP contribution is 2.24. The molecule has 2 atom stereocenters. The van der Waals surface area contributed by atoms with Crippen molar-refractivity contribution < 1.29 is 19.5 Å². The third-order valence-electron chi connectivity index (χ3n) is 6.61. The van der Waals surface area contributed by atoms with Gasteiger partial charge in [0.25, 0.3) is 0 Å². The Balaban J connectivity index is 4.11. The SMILES string of the molecule is CCCCCCCCCCCCCCCCC(CC(=O)O)C(=O)NCC(C)(SC)C(=O)N(C)C. The predicted octanol–water partition coefficient (Wildman–Crippen LogP) is 6.27. The number of hydrogen-bond acceptors (Lipinski definition) is 4. The van der Waals surface area contributed by atoms with E-state index in [0.717, 1.165) is 19.3 Å². The monoisotopic (exact) mass is 500 g/mol. The summed E-state index contributed by atoms with van der Waals surface area (Å²) in [5.74, 6) is -1.83. The highest BCUT2D eigenvalue weighted by atomic mass is 32.2. The number of carbonyl (C=O) groups is 3. The maximum atomic E-state index is 12.7. The predicted molar refractivity (Wildman–Crippen MR) is 144 cm³/mol. The minimum Gasteiger partial charge on any atom is -0.481 e. The van der Waals surface area contributed by atoms with E-state index in [9.17, 15) is 19.5 Å². The molecule has 6 nitrogen and oxygen atoms in total. The molecule has 0 rings (SSSR count). The van der Waals surface area contributed by atoms with Crippen molar-refractivity contribution in [3.8, 4) is 0 Å². The average Bonchev–Trinajstić information content (AvgIpc) is 2.80. The minimum atomic E-state index is -0.956. The summed E-state index contributed by atoms with van der Waals surface area (Å²) >= 11 is 1.39. The molecule has 2 amide bonds. The summed E-state index contributed by atoms with van der Waals surface area (Å²) in [5.41, 5.74) is 0. The molecule has 0 aromatic heterocycles. The number of carbonyl (C=O) groups excluding carboxylic acids is 2. The van der Waals surface area contributed by atoms with Crippen LogP contribution in [0.15, 0.2) is 0 Å². The first-order valence-electron chi connectivity index (χ1n) is 13.4. The molecule has 0 bridgehead atoms. The van der Waals surface area contributed by atoms with E-state index >= 15 is 0 Å². The molecular formula is C27H52N2O4S. The summed E-state index contributed by atoms with van der Waals surface area (Å²) in [7, 11) is 3.39. The molecule has 2 unspecified atom stereocenters. The fourth-order valence-corrected chi connectivity index (χ4v) is 4.80. The van der Waals surface area contributed by atoms with Gasteiger partial charge in [0.15, 0.2) is 0 Å². The molecule has 0 aliphatic rings. The Hall–Kier alpha value is -1.24. The first-order valence-corrected chi connectivity index (χ1v) is 14.7. The standard InChI is InChI=1S/C27H52N2O4S/c1-6-7-8-9-10-11-12-13-14-15-16-17-18-19-20-23(21-24(30)31)25(32)28-22-27(2,34-5)26(33)29(3)4/h23H,6-22H2,1-5H3,(H,28,32)(H,30,31). The summed E-state index contributed by atoms with van der Waals surface area (Å²) in [4.78, 5) is 37.9. The second-order valence-corrected chi connectivity index (χ2v) is 11.3. The van der Waals surface area contributed by atoms with Gasteiger partial charge in [-0.2, -0.15) is 0 Å². The van der Waals surface area contributed by atoms with Gasteiger partial charge in [-0.25, -0.2) is 0 Å². The molecule has 2 N–H and O–H groups in total. The maximum absolute atomic E-state index is 12.7. The lowest BCUT2D eigenvalue weighted by Crippen LogP contribution is -2.50. The van der Waals surface area contributed by atoms with E-state index in [1.807, 2.05) is 6.26 Å². The summed E-state index contributed by atoms with van der Waals surface area (Å²) in [6.07, 6.45) is 20.0. The number of nitrogens with one attached hydrogen (secondary N) is 1. The topological polar surface area (TPSA) is 86.7 Å². The van der Waals surface area contributed by atoms with Crippen LogP contribution in [0.5, 0.6) is 0 Å². The van der Waals surface area contributed by atoms with Gasteiger partial charge in [-0.1, -0.05) is 96.8 Å². The van der Waals surface area contributed by atoms with Crippen LogP contribution < -0.4 is 5.32 Å². The molecule has 0 aliphatic heterocycles. The van der Waals surface area contributed by atoms with Crippen molar-refractivity contribution in [2.75, 3.05) is 26.9 Å². The first-order chi connectivity index (χ1) is 16.2. The molecule has 200 valence electrons. The van der Waals surface area contributed by atoms with Crippen molar-refractivity contribution in [3.05, 3.63) is 0 Å². The van der Waals surface area contributed by atoms with E-state index in [2.05, 4.69) is 12.2 Å². The Labute approximate surface area is 213 Å². The fourth-order valence-electron chi connectivity index (χ4n) is 4.23. The number of amides is 2. The van der Waals surface area contributed by atoms with Crippen molar-refractivity contribution in [1.82, 2.24) is 10.2 Å². The van der Waals surface area contributed by atoms with Crippen LogP contribution >= 0.6 is 11.8 Å². The molecule has 0 spiro atoms. The van der Waals surface area contributed by atoms with Crippen LogP contribution in [0.1, 0.15) is 117 Å². The second kappa shape index (κ2) is 20.0. The number of rotatable bonds is 22. The minimum absolute atomic E-state index is 0.0675. The van der Waals surface area contributed by atoms with Crippen LogP contribution in [0.25, 0.3) is 0 Å². The van der Waals surface area contributed by atoms with Crippen molar-refractivity contribution in [3.63, 3.8) is 0 Å². The van der Waals surface area contributed by atoms with Crippen LogP contribution in [-0.2, 0) is 14.4 Å². The third-order valence-corrected chi connectivity index (χ3v) is 7.83. The largest absolute Gasteiger partial charge is 0.481 e. The van der Waals surface area contributed by atoms with Gasteiger partial charge in [-0.15, -0.1) is 11.8 Å². The van der Waals surface area contributed by atoms with E-state index in [1.54, 1.807) is 21.0 Å². The average molecular weight is 501 g/mol. The molecule has 34 heavy (non-hydrogen) atoms. The zero-order chi connectivity index (χ0) is 25.8. The quantitative estimate of drug-likeness (QED) is 0.171. The number of hydrogen-bond donors (Lipinski definition) is 2. The second-order valence-electron chi connectivity index (χ2n) is 10.0. The van der Waals surface area contributed by atoms with Gasteiger partial charge in [0.1, 0.15) is 4.75 Å². The third kappa shape index (κ3) is 15.6. The van der Waals surface area contributed by atoms with Gasteiger partial charge >= 0.3 is 5.97 Å². The van der Waals surface area contributed by atoms with Crippen molar-refractivity contribution in [2.24, 2.45) is 5.92 Å². The van der Waals surface area contributed by atoms with Crippen LogP contribution in [0, 0.1) is 5.92 Å². The molecule has 0 heterocycles. The Bertz CT molecular complexity index is 571. The summed E-state index contributed by atoms with van der Waals surface area (Å²) in [5, 5.41) is 12.1. The van der Waals surface area contributed by atoms with E-state index in [1.165, 1.54) is 87.3 Å². The summed E-state index contributed by atoms with van der Waals surface area (Å²) in [6.45, 7) is 4.25. The molecule has 0 radical (unpaired) electrons. The molecule has 0 saturated carbocycles. The van der Waals surface area contributed by atoms with Crippen molar-refractivity contribution >= 4 is 29.5 Å². The van der Waals surface area contributed by atoms with E-state index in [-0.39, 0.29) is 24.8 Å². The lowest BCUT2D eigenvalue weighted by Gasteiger charge is -2.30. The molecule has 0 saturated heterocycles. The summed E-state index contributed by atoms with van der Waals surface area (Å²) in [6, 6.07) is 0. The van der Waals surface area contributed by atoms with Crippen LogP contribution in [0.3, 0.4) is 0 Å².